The summed E-state index contributed by atoms with van der Waals surface area (Å²) in [6.07, 6.45) is 4.23. The second-order valence-electron chi connectivity index (χ2n) is 5.92. The summed E-state index contributed by atoms with van der Waals surface area (Å²) >= 11 is 1.54. The van der Waals surface area contributed by atoms with Crippen molar-refractivity contribution in [1.29, 1.82) is 0 Å². The van der Waals surface area contributed by atoms with Gasteiger partial charge in [-0.05, 0) is 18.4 Å². The summed E-state index contributed by atoms with van der Waals surface area (Å²) in [5, 5.41) is 14.0. The van der Waals surface area contributed by atoms with Gasteiger partial charge in [0.2, 0.25) is 0 Å². The maximum atomic E-state index is 12.6. The molecule has 130 valence electrons. The van der Waals surface area contributed by atoms with Gasteiger partial charge in [-0.25, -0.2) is 0 Å². The molecule has 1 amide bonds. The van der Waals surface area contributed by atoms with E-state index in [4.69, 9.17) is 4.42 Å². The highest BCUT2D eigenvalue weighted by atomic mass is 32.2. The lowest BCUT2D eigenvalue weighted by atomic mass is 10.0. The summed E-state index contributed by atoms with van der Waals surface area (Å²) in [4.78, 5) is 14.4. The molecule has 3 aromatic heterocycles. The van der Waals surface area contributed by atoms with E-state index >= 15 is 0 Å². The van der Waals surface area contributed by atoms with Crippen LogP contribution in [0.15, 0.2) is 28.0 Å². The van der Waals surface area contributed by atoms with Gasteiger partial charge in [-0.15, -0.1) is 10.2 Å². The number of thioether (sulfide) groups is 1. The third kappa shape index (κ3) is 2.55. The molecule has 0 spiro atoms. The normalized spacial score (nSPS) is 14.0. The largest absolute Gasteiger partial charge is 0.459 e. The summed E-state index contributed by atoms with van der Waals surface area (Å²) in [7, 11) is 3.86. The second-order valence-corrected chi connectivity index (χ2v) is 6.69. The van der Waals surface area contributed by atoms with E-state index in [1.165, 1.54) is 18.0 Å². The first-order valence-electron chi connectivity index (χ1n) is 7.91. The minimum absolute atomic E-state index is 0.103. The van der Waals surface area contributed by atoms with E-state index in [-0.39, 0.29) is 5.91 Å². The van der Waals surface area contributed by atoms with Gasteiger partial charge < -0.3 is 13.9 Å². The van der Waals surface area contributed by atoms with Crippen molar-refractivity contribution in [2.75, 3.05) is 12.8 Å². The molecular formula is C16H18N6O2S. The minimum atomic E-state index is -0.103. The van der Waals surface area contributed by atoms with Crippen LogP contribution in [0.25, 0.3) is 11.5 Å². The zero-order chi connectivity index (χ0) is 17.6. The van der Waals surface area contributed by atoms with Gasteiger partial charge in [-0.2, -0.15) is 5.10 Å². The van der Waals surface area contributed by atoms with Gasteiger partial charge in [0.25, 0.3) is 5.91 Å². The number of nitrogens with zero attached hydrogens (tertiary/aromatic N) is 6. The van der Waals surface area contributed by atoms with Crippen LogP contribution in [-0.2, 0) is 27.1 Å². The van der Waals surface area contributed by atoms with Crippen LogP contribution >= 0.6 is 11.8 Å². The first-order valence-corrected chi connectivity index (χ1v) is 9.14. The van der Waals surface area contributed by atoms with Crippen molar-refractivity contribution >= 4 is 17.7 Å². The molecule has 1 aliphatic heterocycles. The molecule has 0 radical (unpaired) electrons. The fourth-order valence-corrected chi connectivity index (χ4v) is 3.68. The Balaban J connectivity index is 1.72. The monoisotopic (exact) mass is 358 g/mol. The van der Waals surface area contributed by atoms with Gasteiger partial charge in [0.15, 0.2) is 16.7 Å². The van der Waals surface area contributed by atoms with Gasteiger partial charge in [0.05, 0.1) is 12.8 Å². The quantitative estimate of drug-likeness (QED) is 0.663. The Morgan fingerprint density at radius 1 is 1.32 bits per heavy atom. The smallest absolute Gasteiger partial charge is 0.289 e. The van der Waals surface area contributed by atoms with Crippen molar-refractivity contribution in [2.24, 2.45) is 14.1 Å². The first kappa shape index (κ1) is 15.9. The predicted octanol–water partition coefficient (Wildman–Crippen LogP) is 1.73. The molecule has 3 aromatic rings. The molecule has 0 saturated carbocycles. The topological polar surface area (TPSA) is 82.0 Å². The molecule has 0 fully saturated rings. The molecule has 8 nitrogen and oxygen atoms in total. The van der Waals surface area contributed by atoms with E-state index < -0.39 is 0 Å². The molecule has 0 bridgehead atoms. The van der Waals surface area contributed by atoms with E-state index in [2.05, 4.69) is 15.3 Å². The van der Waals surface area contributed by atoms with Crippen molar-refractivity contribution < 1.29 is 9.21 Å². The number of carbonyl (C=O) groups is 1. The van der Waals surface area contributed by atoms with Crippen LogP contribution in [0.4, 0.5) is 0 Å². The van der Waals surface area contributed by atoms with Crippen molar-refractivity contribution in [3.05, 3.63) is 35.4 Å². The molecule has 1 aliphatic rings. The van der Waals surface area contributed by atoms with E-state index in [0.29, 0.717) is 24.7 Å². The number of furan rings is 1. The van der Waals surface area contributed by atoms with Gasteiger partial charge in [0.1, 0.15) is 5.69 Å². The van der Waals surface area contributed by atoms with Crippen molar-refractivity contribution in [3.8, 4) is 11.5 Å². The Kier molecular flexibility index (Phi) is 3.87. The van der Waals surface area contributed by atoms with Gasteiger partial charge in [-0.3, -0.25) is 9.48 Å². The van der Waals surface area contributed by atoms with Crippen LogP contribution in [0.1, 0.15) is 21.8 Å². The number of aromatic nitrogens is 5. The van der Waals surface area contributed by atoms with E-state index in [1.54, 1.807) is 17.0 Å². The summed E-state index contributed by atoms with van der Waals surface area (Å²) in [6, 6.07) is 3.41. The molecule has 25 heavy (non-hydrogen) atoms. The van der Waals surface area contributed by atoms with Crippen molar-refractivity contribution in [2.45, 2.75) is 18.1 Å². The van der Waals surface area contributed by atoms with Crippen LogP contribution in [-0.4, -0.2) is 48.2 Å². The molecule has 9 heteroatoms. The highest BCUT2D eigenvalue weighted by Gasteiger charge is 2.30. The molecule has 0 unspecified atom stereocenters. The predicted molar refractivity (Wildman–Crippen MR) is 92.1 cm³/mol. The molecule has 0 aromatic carbocycles. The minimum Gasteiger partial charge on any atom is -0.459 e. The lowest BCUT2D eigenvalue weighted by molar-refractivity contribution is 0.0701. The van der Waals surface area contributed by atoms with Crippen LogP contribution in [0.3, 0.4) is 0 Å². The van der Waals surface area contributed by atoms with E-state index in [9.17, 15) is 4.79 Å². The molecular weight excluding hydrogens is 340 g/mol. The first-order chi connectivity index (χ1) is 12.1. The third-order valence-corrected chi connectivity index (χ3v) is 5.21. The number of aryl methyl sites for hydroxylation is 1. The van der Waals surface area contributed by atoms with Gasteiger partial charge in [0, 0.05) is 38.3 Å². The fraction of sp³-hybridized carbons (Fsp3) is 0.375. The Morgan fingerprint density at radius 3 is 2.84 bits per heavy atom. The maximum Gasteiger partial charge on any atom is 0.289 e. The Morgan fingerprint density at radius 2 is 2.16 bits per heavy atom. The Bertz CT molecular complexity index is 927. The number of amides is 1. The van der Waals surface area contributed by atoms with Crippen LogP contribution in [0, 0.1) is 0 Å². The van der Waals surface area contributed by atoms with E-state index in [0.717, 1.165) is 28.5 Å². The van der Waals surface area contributed by atoms with Gasteiger partial charge in [-0.1, -0.05) is 11.8 Å². The number of hydrogen-bond acceptors (Lipinski definition) is 6. The molecule has 0 N–H and O–H groups in total. The van der Waals surface area contributed by atoms with Crippen molar-refractivity contribution in [3.63, 3.8) is 0 Å². The number of rotatable bonds is 3. The third-order valence-electron chi connectivity index (χ3n) is 4.49. The Hall–Kier alpha value is -2.55. The Labute approximate surface area is 148 Å². The zero-order valence-corrected chi connectivity index (χ0v) is 15.1. The highest BCUT2D eigenvalue weighted by Crippen LogP contribution is 2.30. The molecule has 0 saturated heterocycles. The van der Waals surface area contributed by atoms with Crippen LogP contribution in [0.5, 0.6) is 0 Å². The number of fused-ring (bicyclic) bond motifs is 1. The van der Waals surface area contributed by atoms with Gasteiger partial charge >= 0.3 is 0 Å². The lowest BCUT2D eigenvalue weighted by Gasteiger charge is -2.26. The number of hydrogen-bond donors (Lipinski definition) is 0. The fourth-order valence-electron chi connectivity index (χ4n) is 3.20. The van der Waals surface area contributed by atoms with Crippen LogP contribution < -0.4 is 0 Å². The summed E-state index contributed by atoms with van der Waals surface area (Å²) in [5.74, 6) is 0.971. The average molecular weight is 358 g/mol. The SMILES string of the molecule is CSc1nnc(-c2nn(C)c3c2CN(C(=O)c2ccco2)CC3)n1C. The zero-order valence-electron chi connectivity index (χ0n) is 14.3. The van der Waals surface area contributed by atoms with E-state index in [1.807, 2.05) is 29.6 Å². The summed E-state index contributed by atoms with van der Waals surface area (Å²) in [5.41, 5.74) is 2.94. The molecule has 0 aliphatic carbocycles. The highest BCUT2D eigenvalue weighted by molar-refractivity contribution is 7.98. The summed E-state index contributed by atoms with van der Waals surface area (Å²) in [6.45, 7) is 1.12. The number of carbonyl (C=O) groups excluding carboxylic acids is 1. The van der Waals surface area contributed by atoms with Crippen molar-refractivity contribution in [1.82, 2.24) is 29.4 Å². The average Bonchev–Trinajstić information content (AvgIpc) is 3.34. The summed E-state index contributed by atoms with van der Waals surface area (Å²) < 4.78 is 9.07. The molecule has 0 atom stereocenters. The maximum absolute atomic E-state index is 12.6. The molecule has 4 heterocycles. The second kappa shape index (κ2) is 6.07. The molecule has 4 rings (SSSR count). The van der Waals surface area contributed by atoms with Crippen LogP contribution in [0.2, 0.25) is 0 Å². The standard InChI is InChI=1S/C16H18N6O2S/c1-20-14(17-18-16(20)25-3)13-10-9-22(7-6-11(10)21(2)19-13)15(23)12-5-4-8-24-12/h4-5,8H,6-7,9H2,1-3H3. The lowest BCUT2D eigenvalue weighted by Crippen LogP contribution is -2.36.